The van der Waals surface area contributed by atoms with Crippen LogP contribution in [-0.2, 0) is 14.3 Å². The van der Waals surface area contributed by atoms with Gasteiger partial charge in [0.2, 0.25) is 0 Å². The van der Waals surface area contributed by atoms with E-state index in [2.05, 4.69) is 5.32 Å². The number of hydrogen-bond donors (Lipinski definition) is 1. The topological polar surface area (TPSA) is 73.9 Å². The molecule has 1 amide bonds. The Balaban J connectivity index is 1.88. The van der Waals surface area contributed by atoms with E-state index < -0.39 is 5.97 Å². The van der Waals surface area contributed by atoms with Gasteiger partial charge in [0, 0.05) is 12.1 Å². The third-order valence-electron chi connectivity index (χ3n) is 4.35. The molecule has 0 aliphatic carbocycles. The molecule has 0 radical (unpaired) electrons. The molecule has 0 saturated carbocycles. The SMILES string of the molecule is CC[C@H](NC(=O)COC(=O)/C=C/c1cc(OC)cc(OC)c1)c1ccc(C)cc1. The average Bonchev–Trinajstić information content (AvgIpc) is 2.74. The Labute approximate surface area is 171 Å². The minimum Gasteiger partial charge on any atom is -0.497 e. The summed E-state index contributed by atoms with van der Waals surface area (Å²) in [5.41, 5.74) is 2.89. The van der Waals surface area contributed by atoms with Gasteiger partial charge in [-0.15, -0.1) is 0 Å². The van der Waals surface area contributed by atoms with E-state index in [1.165, 1.54) is 6.08 Å². The summed E-state index contributed by atoms with van der Waals surface area (Å²) >= 11 is 0. The van der Waals surface area contributed by atoms with Crippen LogP contribution in [0.2, 0.25) is 0 Å². The van der Waals surface area contributed by atoms with E-state index >= 15 is 0 Å². The molecule has 0 unspecified atom stereocenters. The van der Waals surface area contributed by atoms with Crippen molar-refractivity contribution in [1.29, 1.82) is 0 Å². The summed E-state index contributed by atoms with van der Waals surface area (Å²) in [6, 6.07) is 13.1. The Bertz CT molecular complexity index is 836. The molecular weight excluding hydrogens is 370 g/mol. The van der Waals surface area contributed by atoms with E-state index in [-0.39, 0.29) is 18.6 Å². The number of rotatable bonds is 9. The van der Waals surface area contributed by atoms with Crippen molar-refractivity contribution in [1.82, 2.24) is 5.32 Å². The summed E-state index contributed by atoms with van der Waals surface area (Å²) < 4.78 is 15.4. The molecule has 0 spiro atoms. The number of benzene rings is 2. The Morgan fingerprint density at radius 1 is 1.03 bits per heavy atom. The van der Waals surface area contributed by atoms with Crippen LogP contribution >= 0.6 is 0 Å². The third kappa shape index (κ3) is 6.99. The molecule has 6 heteroatoms. The Morgan fingerprint density at radius 2 is 1.66 bits per heavy atom. The second kappa shape index (κ2) is 10.9. The molecule has 0 aliphatic heterocycles. The van der Waals surface area contributed by atoms with Crippen LogP contribution in [-0.4, -0.2) is 32.7 Å². The van der Waals surface area contributed by atoms with E-state index in [9.17, 15) is 9.59 Å². The highest BCUT2D eigenvalue weighted by molar-refractivity contribution is 5.89. The molecule has 1 N–H and O–H groups in total. The summed E-state index contributed by atoms with van der Waals surface area (Å²) in [6.07, 6.45) is 3.57. The molecule has 154 valence electrons. The van der Waals surface area contributed by atoms with Crippen molar-refractivity contribution >= 4 is 18.0 Å². The normalized spacial score (nSPS) is 11.7. The van der Waals surface area contributed by atoms with E-state index in [1.807, 2.05) is 38.1 Å². The van der Waals surface area contributed by atoms with Gasteiger partial charge in [0.15, 0.2) is 6.61 Å². The lowest BCUT2D eigenvalue weighted by molar-refractivity contribution is -0.144. The Hall–Kier alpha value is -3.28. The molecule has 0 bridgehead atoms. The largest absolute Gasteiger partial charge is 0.497 e. The molecule has 0 heterocycles. The van der Waals surface area contributed by atoms with Crippen LogP contribution in [0.5, 0.6) is 11.5 Å². The number of aryl methyl sites for hydroxylation is 1. The summed E-state index contributed by atoms with van der Waals surface area (Å²) in [6.45, 7) is 3.66. The van der Waals surface area contributed by atoms with Crippen LogP contribution in [0.1, 0.15) is 36.1 Å². The molecule has 2 rings (SSSR count). The zero-order valence-corrected chi connectivity index (χ0v) is 17.2. The smallest absolute Gasteiger partial charge is 0.331 e. The molecule has 29 heavy (non-hydrogen) atoms. The predicted octanol–water partition coefficient (Wildman–Crippen LogP) is 3.84. The van der Waals surface area contributed by atoms with Gasteiger partial charge >= 0.3 is 5.97 Å². The molecule has 2 aromatic carbocycles. The van der Waals surface area contributed by atoms with Gasteiger partial charge in [-0.1, -0.05) is 36.8 Å². The minimum atomic E-state index is -0.606. The number of esters is 1. The third-order valence-corrected chi connectivity index (χ3v) is 4.35. The molecule has 2 aromatic rings. The van der Waals surface area contributed by atoms with Gasteiger partial charge in [0.05, 0.1) is 20.3 Å². The zero-order chi connectivity index (χ0) is 21.2. The van der Waals surface area contributed by atoms with Gasteiger partial charge in [-0.3, -0.25) is 4.79 Å². The number of ether oxygens (including phenoxy) is 3. The fourth-order valence-corrected chi connectivity index (χ4v) is 2.73. The highest BCUT2D eigenvalue weighted by atomic mass is 16.5. The summed E-state index contributed by atoms with van der Waals surface area (Å²) in [7, 11) is 3.10. The van der Waals surface area contributed by atoms with Crippen LogP contribution in [0.25, 0.3) is 6.08 Å². The van der Waals surface area contributed by atoms with Gasteiger partial charge in [-0.2, -0.15) is 0 Å². The fourth-order valence-electron chi connectivity index (χ4n) is 2.73. The van der Waals surface area contributed by atoms with Crippen molar-refractivity contribution in [2.45, 2.75) is 26.3 Å². The highest BCUT2D eigenvalue weighted by Crippen LogP contribution is 2.23. The second-order valence-electron chi connectivity index (χ2n) is 6.53. The Kier molecular flexibility index (Phi) is 8.27. The molecule has 0 fully saturated rings. The number of methoxy groups -OCH3 is 2. The lowest BCUT2D eigenvalue weighted by Crippen LogP contribution is -2.32. The number of carbonyl (C=O) groups excluding carboxylic acids is 2. The van der Waals surface area contributed by atoms with Crippen LogP contribution in [0.3, 0.4) is 0 Å². The first kappa shape index (κ1) is 22.0. The Morgan fingerprint density at radius 3 is 2.21 bits per heavy atom. The van der Waals surface area contributed by atoms with Crippen LogP contribution in [0.4, 0.5) is 0 Å². The van der Waals surface area contributed by atoms with E-state index in [0.717, 1.165) is 17.5 Å². The molecule has 0 saturated heterocycles. The summed E-state index contributed by atoms with van der Waals surface area (Å²) in [5, 5.41) is 2.89. The summed E-state index contributed by atoms with van der Waals surface area (Å²) in [4.78, 5) is 24.1. The fraction of sp³-hybridized carbons (Fsp3) is 0.304. The van der Waals surface area contributed by atoms with Crippen LogP contribution in [0, 0.1) is 6.92 Å². The first-order chi connectivity index (χ1) is 13.9. The van der Waals surface area contributed by atoms with Gasteiger partial charge in [-0.05, 0) is 42.7 Å². The molecule has 6 nitrogen and oxygen atoms in total. The lowest BCUT2D eigenvalue weighted by atomic mass is 10.0. The lowest BCUT2D eigenvalue weighted by Gasteiger charge is -2.17. The van der Waals surface area contributed by atoms with Crippen molar-refractivity contribution in [2.24, 2.45) is 0 Å². The van der Waals surface area contributed by atoms with Crippen LogP contribution < -0.4 is 14.8 Å². The summed E-state index contributed by atoms with van der Waals surface area (Å²) in [5.74, 6) is 0.268. The van der Waals surface area contributed by atoms with Crippen molar-refractivity contribution in [2.75, 3.05) is 20.8 Å². The van der Waals surface area contributed by atoms with Gasteiger partial charge in [0.25, 0.3) is 5.91 Å². The van der Waals surface area contributed by atoms with Crippen molar-refractivity contribution < 1.29 is 23.8 Å². The average molecular weight is 397 g/mol. The molecule has 0 aliphatic rings. The standard InChI is InChI=1S/C23H27NO5/c1-5-21(18-9-6-16(2)7-10-18)24-22(25)15-29-23(26)11-8-17-12-19(27-3)14-20(13-17)28-4/h6-14,21H,5,15H2,1-4H3,(H,24,25)/b11-8+/t21-/m0/s1. The van der Waals surface area contributed by atoms with E-state index in [0.29, 0.717) is 17.1 Å². The predicted molar refractivity (Wildman–Crippen MR) is 112 cm³/mol. The van der Waals surface area contributed by atoms with Crippen molar-refractivity contribution in [3.8, 4) is 11.5 Å². The number of amides is 1. The van der Waals surface area contributed by atoms with Gasteiger partial charge < -0.3 is 19.5 Å². The van der Waals surface area contributed by atoms with Crippen LogP contribution in [0.15, 0.2) is 48.5 Å². The first-order valence-corrected chi connectivity index (χ1v) is 9.39. The monoisotopic (exact) mass is 397 g/mol. The maximum absolute atomic E-state index is 12.2. The van der Waals surface area contributed by atoms with Crippen molar-refractivity contribution in [3.63, 3.8) is 0 Å². The van der Waals surface area contributed by atoms with E-state index in [1.54, 1.807) is 38.5 Å². The molecule has 0 aromatic heterocycles. The number of carbonyl (C=O) groups is 2. The molecular formula is C23H27NO5. The quantitative estimate of drug-likeness (QED) is 0.514. The maximum Gasteiger partial charge on any atom is 0.331 e. The first-order valence-electron chi connectivity index (χ1n) is 9.39. The highest BCUT2D eigenvalue weighted by Gasteiger charge is 2.13. The maximum atomic E-state index is 12.2. The number of nitrogens with one attached hydrogen (secondary N) is 1. The minimum absolute atomic E-state index is 0.124. The van der Waals surface area contributed by atoms with E-state index in [4.69, 9.17) is 14.2 Å². The second-order valence-corrected chi connectivity index (χ2v) is 6.53. The van der Waals surface area contributed by atoms with Gasteiger partial charge in [0.1, 0.15) is 11.5 Å². The number of hydrogen-bond acceptors (Lipinski definition) is 5. The van der Waals surface area contributed by atoms with Gasteiger partial charge in [-0.25, -0.2) is 4.79 Å². The molecule has 1 atom stereocenters. The zero-order valence-electron chi connectivity index (χ0n) is 17.2. The van der Waals surface area contributed by atoms with Crippen molar-refractivity contribution in [3.05, 3.63) is 65.2 Å².